The summed E-state index contributed by atoms with van der Waals surface area (Å²) < 4.78 is 26.2. The average Bonchev–Trinajstić information content (AvgIpc) is 3.07. The molecule has 0 aromatic rings. The molecule has 8 nitrogen and oxygen atoms in total. The van der Waals surface area contributed by atoms with Gasteiger partial charge < -0.3 is 19.3 Å². The van der Waals surface area contributed by atoms with Crippen LogP contribution in [0.1, 0.15) is 136 Å². The van der Waals surface area contributed by atoms with Gasteiger partial charge in [0.15, 0.2) is 6.10 Å². The highest BCUT2D eigenvalue weighted by molar-refractivity contribution is 7.46. The van der Waals surface area contributed by atoms with Gasteiger partial charge in [-0.1, -0.05) is 157 Å². The molecular weight excluding hydrogens is 639 g/mol. The summed E-state index contributed by atoms with van der Waals surface area (Å²) in [6.45, 7) is 3.49. The van der Waals surface area contributed by atoms with Crippen LogP contribution in [0.15, 0.2) is 85.1 Å². The van der Waals surface area contributed by atoms with Crippen molar-refractivity contribution in [3.8, 4) is 0 Å². The monoisotopic (exact) mass is 704 g/mol. The van der Waals surface area contributed by atoms with Crippen LogP contribution in [0.5, 0.6) is 0 Å². The number of esters is 2. The zero-order valence-electron chi connectivity index (χ0n) is 30.3. The topological polar surface area (TPSA) is 119 Å². The van der Waals surface area contributed by atoms with Crippen LogP contribution in [0, 0.1) is 0 Å². The maximum atomic E-state index is 12.3. The summed E-state index contributed by atoms with van der Waals surface area (Å²) in [6, 6.07) is 0. The SMILES string of the molecule is CCC/C=C/C=C/C=C/C=C/C=C/CCCCCCCC(=O)OCC(COP(=O)(O)O)OC(=O)CC/C=C/C/C=C/CCCCCCCC. The number of allylic oxidation sites excluding steroid dienone is 14. The Kier molecular flexibility index (Phi) is 33.1. The summed E-state index contributed by atoms with van der Waals surface area (Å²) in [7, 11) is -4.77. The summed E-state index contributed by atoms with van der Waals surface area (Å²) in [5.41, 5.74) is 0. The first-order valence-corrected chi connectivity index (χ1v) is 20.0. The molecule has 0 radical (unpaired) electrons. The average molecular weight is 705 g/mol. The van der Waals surface area contributed by atoms with E-state index in [-0.39, 0.29) is 19.4 Å². The Morgan fingerprint density at radius 2 is 1.08 bits per heavy atom. The molecule has 2 N–H and O–H groups in total. The Labute approximate surface area is 297 Å². The molecule has 49 heavy (non-hydrogen) atoms. The predicted octanol–water partition coefficient (Wildman–Crippen LogP) is 10.9. The van der Waals surface area contributed by atoms with Crippen LogP contribution in [0.2, 0.25) is 0 Å². The fourth-order valence-corrected chi connectivity index (χ4v) is 4.87. The summed E-state index contributed by atoms with van der Waals surface area (Å²) in [5.74, 6) is -1.00. The van der Waals surface area contributed by atoms with E-state index in [2.05, 4.69) is 54.8 Å². The molecule has 0 saturated carbocycles. The third-order valence-corrected chi connectivity index (χ3v) is 7.74. The van der Waals surface area contributed by atoms with Crippen molar-refractivity contribution in [2.24, 2.45) is 0 Å². The van der Waals surface area contributed by atoms with Crippen LogP contribution < -0.4 is 0 Å². The number of hydrogen-bond acceptors (Lipinski definition) is 6. The van der Waals surface area contributed by atoms with Gasteiger partial charge in [-0.3, -0.25) is 14.1 Å². The number of rotatable bonds is 32. The lowest BCUT2D eigenvalue weighted by Gasteiger charge is -2.18. The van der Waals surface area contributed by atoms with Crippen LogP contribution in [0.25, 0.3) is 0 Å². The third-order valence-electron chi connectivity index (χ3n) is 7.26. The van der Waals surface area contributed by atoms with Gasteiger partial charge in [0.1, 0.15) is 6.61 Å². The third kappa shape index (κ3) is 37.9. The van der Waals surface area contributed by atoms with Gasteiger partial charge in [0, 0.05) is 12.8 Å². The predicted molar refractivity (Wildman–Crippen MR) is 202 cm³/mol. The van der Waals surface area contributed by atoms with Crippen LogP contribution in [-0.2, 0) is 28.2 Å². The van der Waals surface area contributed by atoms with Gasteiger partial charge in [-0.15, -0.1) is 0 Å². The van der Waals surface area contributed by atoms with Gasteiger partial charge in [-0.25, -0.2) is 4.57 Å². The van der Waals surface area contributed by atoms with Gasteiger partial charge in [-0.2, -0.15) is 0 Å². The number of carbonyl (C=O) groups excluding carboxylic acids is 2. The molecule has 1 atom stereocenters. The number of phosphoric acid groups is 1. The molecule has 0 amide bonds. The Morgan fingerprint density at radius 1 is 0.551 bits per heavy atom. The minimum Gasteiger partial charge on any atom is -0.462 e. The zero-order chi connectivity index (χ0) is 36.1. The molecule has 0 fully saturated rings. The van der Waals surface area contributed by atoms with E-state index in [1.165, 1.54) is 38.5 Å². The molecule has 0 aromatic heterocycles. The lowest BCUT2D eigenvalue weighted by molar-refractivity contribution is -0.161. The van der Waals surface area contributed by atoms with Gasteiger partial charge in [0.2, 0.25) is 0 Å². The second kappa shape index (κ2) is 35.1. The quantitative estimate of drug-likeness (QED) is 0.0233. The van der Waals surface area contributed by atoms with Gasteiger partial charge >= 0.3 is 19.8 Å². The first-order chi connectivity index (χ1) is 23.8. The Morgan fingerprint density at radius 3 is 1.69 bits per heavy atom. The maximum absolute atomic E-state index is 12.3. The lowest BCUT2D eigenvalue weighted by Crippen LogP contribution is -2.29. The van der Waals surface area contributed by atoms with E-state index in [9.17, 15) is 14.2 Å². The molecule has 0 bridgehead atoms. The minimum atomic E-state index is -4.77. The second-order valence-corrected chi connectivity index (χ2v) is 13.2. The van der Waals surface area contributed by atoms with Crippen molar-refractivity contribution in [1.82, 2.24) is 0 Å². The number of ether oxygens (including phenoxy) is 2. The fraction of sp³-hybridized carbons (Fsp3) is 0.600. The standard InChI is InChI=1S/C40H65O8P/c1-3-5-7-9-11-13-15-17-18-19-20-21-23-24-26-28-30-32-34-39(41)46-36-38(37-47-49(43,44)45)48-40(42)35-33-31-29-27-25-22-16-14-12-10-8-6-4-2/h7,9,11,13,15,17-22,25,29,31,38H,3-6,8,10,12,14,16,23-24,26-28,30,32-37H2,1-2H3,(H2,43,44,45)/b9-7+,13-11+,17-15+,19-18+,21-20+,25-22+,31-29+. The first kappa shape index (κ1) is 46.2. The largest absolute Gasteiger partial charge is 0.469 e. The molecule has 1 unspecified atom stereocenters. The smallest absolute Gasteiger partial charge is 0.462 e. The molecular formula is C40H65O8P. The molecule has 0 heterocycles. The van der Waals surface area contributed by atoms with Crippen LogP contribution >= 0.6 is 7.82 Å². The van der Waals surface area contributed by atoms with Crippen molar-refractivity contribution in [3.05, 3.63) is 85.1 Å². The van der Waals surface area contributed by atoms with Crippen molar-refractivity contribution >= 4 is 19.8 Å². The van der Waals surface area contributed by atoms with E-state index < -0.39 is 32.5 Å². The summed E-state index contributed by atoms with van der Waals surface area (Å²) in [5, 5.41) is 0. The number of unbranched alkanes of at least 4 members (excludes halogenated alkanes) is 12. The van der Waals surface area contributed by atoms with Crippen LogP contribution in [0.4, 0.5) is 0 Å². The van der Waals surface area contributed by atoms with Gasteiger partial charge in [-0.05, 0) is 51.4 Å². The lowest BCUT2D eigenvalue weighted by atomic mass is 10.1. The van der Waals surface area contributed by atoms with Gasteiger partial charge in [0.25, 0.3) is 0 Å². The highest BCUT2D eigenvalue weighted by Crippen LogP contribution is 2.35. The molecule has 0 spiro atoms. The Balaban J connectivity index is 4.13. The van der Waals surface area contributed by atoms with E-state index in [0.29, 0.717) is 12.8 Å². The highest BCUT2D eigenvalue weighted by atomic mass is 31.2. The number of phosphoric ester groups is 1. The molecule has 0 aliphatic carbocycles. The van der Waals surface area contributed by atoms with E-state index in [1.54, 1.807) is 0 Å². The van der Waals surface area contributed by atoms with Crippen molar-refractivity contribution in [2.75, 3.05) is 13.2 Å². The molecule has 0 saturated heterocycles. The van der Waals surface area contributed by atoms with E-state index in [0.717, 1.165) is 57.8 Å². The molecule has 9 heteroatoms. The fourth-order valence-electron chi connectivity index (χ4n) is 4.51. The minimum absolute atomic E-state index is 0.0947. The molecule has 0 aliphatic heterocycles. The van der Waals surface area contributed by atoms with E-state index in [4.69, 9.17) is 19.3 Å². The molecule has 278 valence electrons. The van der Waals surface area contributed by atoms with Crippen molar-refractivity contribution in [1.29, 1.82) is 0 Å². The highest BCUT2D eigenvalue weighted by Gasteiger charge is 2.22. The van der Waals surface area contributed by atoms with Crippen LogP contribution in [-0.4, -0.2) is 41.0 Å². The first-order valence-electron chi connectivity index (χ1n) is 18.4. The van der Waals surface area contributed by atoms with Gasteiger partial charge in [0.05, 0.1) is 6.61 Å². The maximum Gasteiger partial charge on any atom is 0.469 e. The van der Waals surface area contributed by atoms with Crippen LogP contribution in [0.3, 0.4) is 0 Å². The molecule has 0 rings (SSSR count). The summed E-state index contributed by atoms with van der Waals surface area (Å²) in [6.07, 6.45) is 46.0. The summed E-state index contributed by atoms with van der Waals surface area (Å²) >= 11 is 0. The van der Waals surface area contributed by atoms with E-state index >= 15 is 0 Å². The number of carbonyl (C=O) groups is 2. The second-order valence-electron chi connectivity index (χ2n) is 12.0. The van der Waals surface area contributed by atoms with Crippen molar-refractivity contribution in [3.63, 3.8) is 0 Å². The Bertz CT molecular complexity index is 1060. The van der Waals surface area contributed by atoms with Crippen molar-refractivity contribution in [2.45, 2.75) is 142 Å². The van der Waals surface area contributed by atoms with Crippen molar-refractivity contribution < 1.29 is 37.9 Å². The zero-order valence-corrected chi connectivity index (χ0v) is 31.2. The summed E-state index contributed by atoms with van der Waals surface area (Å²) in [4.78, 5) is 42.6. The number of hydrogen-bond donors (Lipinski definition) is 2. The van der Waals surface area contributed by atoms with E-state index in [1.807, 2.05) is 48.6 Å². The normalized spacial score (nSPS) is 13.5. The molecule has 0 aromatic carbocycles. The Hall–Kier alpha value is -2.77. The molecule has 0 aliphatic rings.